The van der Waals surface area contributed by atoms with Gasteiger partial charge in [0.05, 0.1) is 30.6 Å². The van der Waals surface area contributed by atoms with E-state index < -0.39 is 11.7 Å². The lowest BCUT2D eigenvalue weighted by Crippen LogP contribution is -2.44. The van der Waals surface area contributed by atoms with Crippen molar-refractivity contribution in [2.75, 3.05) is 11.4 Å². The molecule has 5 nitrogen and oxygen atoms in total. The summed E-state index contributed by atoms with van der Waals surface area (Å²) >= 11 is 0. The second-order valence-corrected chi connectivity index (χ2v) is 10.4. The summed E-state index contributed by atoms with van der Waals surface area (Å²) in [4.78, 5) is 25.2. The van der Waals surface area contributed by atoms with Gasteiger partial charge in [-0.25, -0.2) is 4.98 Å². The summed E-state index contributed by atoms with van der Waals surface area (Å²) in [7, 11) is 0. The lowest BCUT2D eigenvalue weighted by atomic mass is 9.97. The summed E-state index contributed by atoms with van der Waals surface area (Å²) in [6.45, 7) is 1.73. The van der Waals surface area contributed by atoms with Crippen molar-refractivity contribution in [3.8, 4) is 0 Å². The molecule has 1 aliphatic carbocycles. The van der Waals surface area contributed by atoms with E-state index in [9.17, 15) is 18.0 Å². The summed E-state index contributed by atoms with van der Waals surface area (Å²) in [5.74, 6) is 0.674. The van der Waals surface area contributed by atoms with Crippen LogP contribution >= 0.6 is 0 Å². The van der Waals surface area contributed by atoms with Crippen molar-refractivity contribution in [1.29, 1.82) is 0 Å². The zero-order valence-electron chi connectivity index (χ0n) is 20.9. The van der Waals surface area contributed by atoms with Crippen LogP contribution in [-0.4, -0.2) is 33.4 Å². The molecule has 5 rings (SSSR count). The molecular weight excluding hydrogens is 477 g/mol. The minimum Gasteiger partial charge on any atom is -0.361 e. The molecule has 2 heterocycles. The number of nitrogens with zero attached hydrogens (tertiary/aromatic N) is 3. The van der Waals surface area contributed by atoms with Crippen LogP contribution in [0.25, 0.3) is 0 Å². The largest absolute Gasteiger partial charge is 0.416 e. The van der Waals surface area contributed by atoms with E-state index in [0.29, 0.717) is 25.2 Å². The maximum atomic E-state index is 13.5. The Bertz CT molecular complexity index is 1170. The first-order valence-corrected chi connectivity index (χ1v) is 13.1. The van der Waals surface area contributed by atoms with E-state index in [0.717, 1.165) is 47.8 Å². The summed E-state index contributed by atoms with van der Waals surface area (Å²) in [5.41, 5.74) is 3.11. The number of aromatic amines is 1. The van der Waals surface area contributed by atoms with E-state index >= 15 is 0 Å². The van der Waals surface area contributed by atoms with Crippen molar-refractivity contribution >= 4 is 11.6 Å². The lowest BCUT2D eigenvalue weighted by Gasteiger charge is -2.34. The number of fused-ring (bicyclic) bond motifs is 1. The molecule has 1 fully saturated rings. The van der Waals surface area contributed by atoms with Gasteiger partial charge < -0.3 is 14.8 Å². The highest BCUT2D eigenvalue weighted by Gasteiger charge is 2.32. The Morgan fingerprint density at radius 3 is 2.49 bits per heavy atom. The van der Waals surface area contributed by atoms with Gasteiger partial charge in [0, 0.05) is 31.0 Å². The number of imidazole rings is 1. The first-order valence-electron chi connectivity index (χ1n) is 13.1. The Morgan fingerprint density at radius 1 is 1.03 bits per heavy atom. The quantitative estimate of drug-likeness (QED) is 0.403. The standard InChI is InChI=1S/C29H33F3N4O/c30-29(31,32)24-12-9-22(10-13-24)15-28(37)35-17-23-7-3-4-8-27(23)36(18-25-16-33-20-34-25)26(19-35)14-11-21-5-1-2-6-21/h3-4,7-10,12-13,16,20-21,26H,1-2,5-6,11,14-15,17-19H2,(H,33,34)/t26-/m0/s1. The van der Waals surface area contributed by atoms with Gasteiger partial charge in [-0.3, -0.25) is 4.79 Å². The summed E-state index contributed by atoms with van der Waals surface area (Å²) in [6, 6.07) is 13.3. The molecular formula is C29H33F3N4O. The Kier molecular flexibility index (Phi) is 7.53. The number of para-hydroxylation sites is 1. The number of carbonyl (C=O) groups excluding carboxylic acids is 1. The van der Waals surface area contributed by atoms with Crippen LogP contribution in [0.15, 0.2) is 61.1 Å². The van der Waals surface area contributed by atoms with Crippen LogP contribution < -0.4 is 4.90 Å². The van der Waals surface area contributed by atoms with Crippen LogP contribution in [0.3, 0.4) is 0 Å². The number of anilines is 1. The molecule has 0 spiro atoms. The maximum Gasteiger partial charge on any atom is 0.416 e. The van der Waals surface area contributed by atoms with Gasteiger partial charge in [0.25, 0.3) is 0 Å². The molecule has 1 aromatic heterocycles. The second-order valence-electron chi connectivity index (χ2n) is 10.4. The molecule has 2 aromatic carbocycles. The third-order valence-electron chi connectivity index (χ3n) is 7.80. The van der Waals surface area contributed by atoms with E-state index in [4.69, 9.17) is 0 Å². The first-order chi connectivity index (χ1) is 17.9. The number of amides is 1. The molecule has 0 unspecified atom stereocenters. The Labute approximate surface area is 215 Å². The zero-order valence-corrected chi connectivity index (χ0v) is 20.9. The minimum absolute atomic E-state index is 0.0659. The van der Waals surface area contributed by atoms with Crippen molar-refractivity contribution < 1.29 is 18.0 Å². The van der Waals surface area contributed by atoms with Crippen molar-refractivity contribution in [2.45, 2.75) is 70.3 Å². The number of carbonyl (C=O) groups is 1. The zero-order chi connectivity index (χ0) is 25.8. The summed E-state index contributed by atoms with van der Waals surface area (Å²) in [5, 5.41) is 0. The predicted molar refractivity (Wildman–Crippen MR) is 137 cm³/mol. The number of hydrogen-bond acceptors (Lipinski definition) is 3. The molecule has 0 saturated heterocycles. The highest BCUT2D eigenvalue weighted by atomic mass is 19.4. The average Bonchev–Trinajstić information content (AvgIpc) is 3.57. The van der Waals surface area contributed by atoms with Crippen LogP contribution in [0, 0.1) is 5.92 Å². The van der Waals surface area contributed by atoms with Crippen LogP contribution in [0.2, 0.25) is 0 Å². The molecule has 0 radical (unpaired) electrons. The Hall–Kier alpha value is -3.29. The molecule has 1 N–H and O–H groups in total. The molecule has 37 heavy (non-hydrogen) atoms. The van der Waals surface area contributed by atoms with Gasteiger partial charge in [-0.15, -0.1) is 0 Å². The second kappa shape index (κ2) is 11.0. The van der Waals surface area contributed by atoms with Gasteiger partial charge in [-0.1, -0.05) is 56.0 Å². The van der Waals surface area contributed by atoms with Crippen molar-refractivity contribution in [1.82, 2.24) is 14.9 Å². The van der Waals surface area contributed by atoms with Crippen LogP contribution in [-0.2, 0) is 30.5 Å². The highest BCUT2D eigenvalue weighted by Crippen LogP contribution is 2.35. The fourth-order valence-electron chi connectivity index (χ4n) is 5.78. The van der Waals surface area contributed by atoms with E-state index in [1.165, 1.54) is 37.8 Å². The third-order valence-corrected chi connectivity index (χ3v) is 7.80. The van der Waals surface area contributed by atoms with Gasteiger partial charge in [0.15, 0.2) is 0 Å². The molecule has 1 aliphatic heterocycles. The molecule has 0 bridgehead atoms. The maximum absolute atomic E-state index is 13.5. The Morgan fingerprint density at radius 2 is 1.78 bits per heavy atom. The van der Waals surface area contributed by atoms with E-state index in [1.807, 2.05) is 23.2 Å². The third kappa shape index (κ3) is 6.17. The number of rotatable bonds is 7. The molecule has 1 atom stereocenters. The van der Waals surface area contributed by atoms with Crippen molar-refractivity contribution in [3.05, 3.63) is 83.4 Å². The molecule has 8 heteroatoms. The number of benzene rings is 2. The number of halogens is 3. The number of aromatic nitrogens is 2. The molecule has 2 aliphatic rings. The van der Waals surface area contributed by atoms with Gasteiger partial charge in [-0.05, 0) is 48.1 Å². The number of H-pyrrole nitrogens is 1. The van der Waals surface area contributed by atoms with Gasteiger partial charge >= 0.3 is 6.18 Å². The lowest BCUT2D eigenvalue weighted by molar-refractivity contribution is -0.137. The first kappa shape index (κ1) is 25.4. The van der Waals surface area contributed by atoms with Crippen LogP contribution in [0.1, 0.15) is 60.9 Å². The van der Waals surface area contributed by atoms with Crippen LogP contribution in [0.4, 0.5) is 18.9 Å². The van der Waals surface area contributed by atoms with Crippen LogP contribution in [0.5, 0.6) is 0 Å². The topological polar surface area (TPSA) is 52.2 Å². The molecule has 1 amide bonds. The van der Waals surface area contributed by atoms with Gasteiger partial charge in [0.1, 0.15) is 0 Å². The average molecular weight is 511 g/mol. The van der Waals surface area contributed by atoms with E-state index in [1.54, 1.807) is 6.33 Å². The van der Waals surface area contributed by atoms with Crippen molar-refractivity contribution in [3.63, 3.8) is 0 Å². The molecule has 196 valence electrons. The van der Waals surface area contributed by atoms with Gasteiger partial charge in [0.2, 0.25) is 5.91 Å². The predicted octanol–water partition coefficient (Wildman–Crippen LogP) is 6.36. The van der Waals surface area contributed by atoms with Crippen molar-refractivity contribution in [2.24, 2.45) is 5.92 Å². The van der Waals surface area contributed by atoms with E-state index in [2.05, 4.69) is 27.0 Å². The Balaban J connectivity index is 1.39. The van der Waals surface area contributed by atoms with E-state index in [-0.39, 0.29) is 18.4 Å². The molecule has 3 aromatic rings. The fourth-order valence-corrected chi connectivity index (χ4v) is 5.78. The number of nitrogens with one attached hydrogen (secondary N) is 1. The highest BCUT2D eigenvalue weighted by molar-refractivity contribution is 5.79. The smallest absolute Gasteiger partial charge is 0.361 e. The number of alkyl halides is 3. The SMILES string of the molecule is O=C(Cc1ccc(C(F)(F)F)cc1)N1Cc2ccccc2N(Cc2cnc[nH]2)[C@@H](CCC2CCCC2)C1. The monoisotopic (exact) mass is 510 g/mol. The van der Waals surface area contributed by atoms with Gasteiger partial charge in [-0.2, -0.15) is 13.2 Å². The molecule has 1 saturated carbocycles. The fraction of sp³-hybridized carbons (Fsp3) is 0.448. The minimum atomic E-state index is -4.39. The number of hydrogen-bond donors (Lipinski definition) is 1. The normalized spacial score (nSPS) is 18.6. The summed E-state index contributed by atoms with van der Waals surface area (Å²) < 4.78 is 38.9. The summed E-state index contributed by atoms with van der Waals surface area (Å²) in [6.07, 6.45) is 6.49.